The van der Waals surface area contributed by atoms with E-state index in [0.29, 0.717) is 23.4 Å². The summed E-state index contributed by atoms with van der Waals surface area (Å²) in [5, 5.41) is 24.2. The summed E-state index contributed by atoms with van der Waals surface area (Å²) < 4.78 is 20.7. The number of aliphatic hydroxyl groups excluding tert-OH is 2. The molecule has 0 aliphatic carbocycles. The number of anilines is 1. The molecule has 3 aromatic carbocycles. The van der Waals surface area contributed by atoms with E-state index in [9.17, 15) is 24.2 Å². The first-order valence-corrected chi connectivity index (χ1v) is 14.1. The van der Waals surface area contributed by atoms with Crippen molar-refractivity contribution in [1.29, 1.82) is 0 Å². The first kappa shape index (κ1) is 30.7. The summed E-state index contributed by atoms with van der Waals surface area (Å²) in [5.74, 6) is -1.30. The van der Waals surface area contributed by atoms with Crippen LogP contribution in [-0.2, 0) is 16.1 Å². The monoisotopic (exact) mass is 572 g/mol. The summed E-state index contributed by atoms with van der Waals surface area (Å²) in [6.07, 6.45) is -1.95. The lowest BCUT2D eigenvalue weighted by atomic mass is 9.94. The van der Waals surface area contributed by atoms with Gasteiger partial charge in [0.25, 0.3) is 5.91 Å². The molecule has 7 nitrogen and oxygen atoms in total. The van der Waals surface area contributed by atoms with Crippen LogP contribution in [-0.4, -0.2) is 46.0 Å². The number of nitrogens with zero attached hydrogens (tertiary/aromatic N) is 1. The average molecular weight is 573 g/mol. The summed E-state index contributed by atoms with van der Waals surface area (Å²) in [4.78, 5) is 25.7. The fraction of sp³-hybridized carbons (Fsp3) is 0.294. The number of halogens is 1. The predicted octanol–water partition coefficient (Wildman–Crippen LogP) is 6.40. The van der Waals surface area contributed by atoms with Crippen molar-refractivity contribution >= 4 is 17.6 Å². The van der Waals surface area contributed by atoms with E-state index in [1.165, 1.54) is 19.2 Å². The van der Waals surface area contributed by atoms with E-state index in [1.807, 2.05) is 79.1 Å². The molecule has 0 spiro atoms. The van der Waals surface area contributed by atoms with E-state index < -0.39 is 18.2 Å². The van der Waals surface area contributed by atoms with Crippen LogP contribution in [0, 0.1) is 5.82 Å². The van der Waals surface area contributed by atoms with Crippen molar-refractivity contribution in [2.45, 2.75) is 57.8 Å². The Morgan fingerprint density at radius 3 is 2.10 bits per heavy atom. The van der Waals surface area contributed by atoms with Crippen LogP contribution in [0.25, 0.3) is 22.4 Å². The van der Waals surface area contributed by atoms with Crippen molar-refractivity contribution in [2.75, 3.05) is 12.4 Å². The molecular weight excluding hydrogens is 535 g/mol. The highest BCUT2D eigenvalue weighted by Gasteiger charge is 2.31. The number of aromatic nitrogens is 1. The number of benzene rings is 3. The number of esters is 1. The molecule has 4 aromatic rings. The van der Waals surface area contributed by atoms with Gasteiger partial charge in [0.15, 0.2) is 0 Å². The molecule has 1 aromatic heterocycles. The quantitative estimate of drug-likeness (QED) is 0.171. The fourth-order valence-corrected chi connectivity index (χ4v) is 5.28. The zero-order valence-corrected chi connectivity index (χ0v) is 24.1. The average Bonchev–Trinajstić information content (AvgIpc) is 3.33. The highest BCUT2D eigenvalue weighted by Crippen LogP contribution is 2.42. The number of rotatable bonds is 12. The van der Waals surface area contributed by atoms with Crippen LogP contribution in [0.2, 0.25) is 0 Å². The Bertz CT molecular complexity index is 1480. The number of carbonyl (C=O) groups is 2. The van der Waals surface area contributed by atoms with Gasteiger partial charge in [0.05, 0.1) is 37.0 Å². The fourth-order valence-electron chi connectivity index (χ4n) is 5.28. The Morgan fingerprint density at radius 2 is 1.50 bits per heavy atom. The largest absolute Gasteiger partial charge is 0.469 e. The van der Waals surface area contributed by atoms with Crippen molar-refractivity contribution in [2.24, 2.45) is 0 Å². The van der Waals surface area contributed by atoms with Gasteiger partial charge in [0, 0.05) is 23.5 Å². The Morgan fingerprint density at radius 1 is 0.881 bits per heavy atom. The Balaban J connectivity index is 1.86. The second kappa shape index (κ2) is 14.1. The van der Waals surface area contributed by atoms with Crippen LogP contribution in [0.5, 0.6) is 0 Å². The highest BCUT2D eigenvalue weighted by molar-refractivity contribution is 6.12. The zero-order valence-electron chi connectivity index (χ0n) is 24.1. The van der Waals surface area contributed by atoms with Crippen LogP contribution in [0.1, 0.15) is 55.1 Å². The van der Waals surface area contributed by atoms with E-state index in [2.05, 4.69) is 10.1 Å². The van der Waals surface area contributed by atoms with Crippen LogP contribution < -0.4 is 5.32 Å². The Labute approximate surface area is 245 Å². The number of carbonyl (C=O) groups excluding carboxylic acids is 2. The van der Waals surface area contributed by atoms with Gasteiger partial charge in [-0.1, -0.05) is 62.4 Å². The molecule has 220 valence electrons. The summed E-state index contributed by atoms with van der Waals surface area (Å²) in [6, 6.07) is 25.0. The van der Waals surface area contributed by atoms with Crippen molar-refractivity contribution < 1.29 is 28.9 Å². The van der Waals surface area contributed by atoms with Gasteiger partial charge in [0.2, 0.25) is 0 Å². The highest BCUT2D eigenvalue weighted by atomic mass is 19.1. The van der Waals surface area contributed by atoms with Crippen LogP contribution in [0.15, 0.2) is 84.9 Å². The maximum atomic E-state index is 14.1. The molecule has 0 radical (unpaired) electrons. The third-order valence-corrected chi connectivity index (χ3v) is 7.15. The Kier molecular flexibility index (Phi) is 10.3. The van der Waals surface area contributed by atoms with Crippen molar-refractivity contribution in [3.8, 4) is 22.4 Å². The third-order valence-electron chi connectivity index (χ3n) is 7.15. The molecule has 0 aliphatic rings. The molecule has 0 aliphatic heterocycles. The number of nitrogens with one attached hydrogen (secondary N) is 1. The summed E-state index contributed by atoms with van der Waals surface area (Å²) in [5.41, 5.74) is 4.90. The lowest BCUT2D eigenvalue weighted by Crippen LogP contribution is -2.23. The predicted molar refractivity (Wildman–Crippen MR) is 162 cm³/mol. The lowest BCUT2D eigenvalue weighted by Gasteiger charge is -2.20. The third kappa shape index (κ3) is 7.32. The molecule has 8 heteroatoms. The van der Waals surface area contributed by atoms with E-state index in [0.717, 1.165) is 22.5 Å². The van der Waals surface area contributed by atoms with Crippen molar-refractivity contribution in [3.05, 3.63) is 102 Å². The van der Waals surface area contributed by atoms with E-state index in [-0.39, 0.29) is 36.9 Å². The number of ether oxygens (including phenoxy) is 1. The van der Waals surface area contributed by atoms with Crippen LogP contribution in [0.3, 0.4) is 0 Å². The molecule has 0 fully saturated rings. The summed E-state index contributed by atoms with van der Waals surface area (Å²) >= 11 is 0. The van der Waals surface area contributed by atoms with Gasteiger partial charge in [-0.2, -0.15) is 0 Å². The second-order valence-corrected chi connectivity index (χ2v) is 10.6. The molecule has 1 heterocycles. The van der Waals surface area contributed by atoms with Gasteiger partial charge < -0.3 is 24.8 Å². The number of amides is 1. The minimum Gasteiger partial charge on any atom is -0.469 e. The van der Waals surface area contributed by atoms with E-state index in [4.69, 9.17) is 0 Å². The first-order chi connectivity index (χ1) is 20.2. The molecule has 4 rings (SSSR count). The van der Waals surface area contributed by atoms with Gasteiger partial charge >= 0.3 is 5.97 Å². The molecule has 0 bridgehead atoms. The van der Waals surface area contributed by atoms with Crippen molar-refractivity contribution in [3.63, 3.8) is 0 Å². The van der Waals surface area contributed by atoms with Gasteiger partial charge in [-0.3, -0.25) is 9.59 Å². The van der Waals surface area contributed by atoms with Gasteiger partial charge in [-0.05, 0) is 66.3 Å². The summed E-state index contributed by atoms with van der Waals surface area (Å²) in [6.45, 7) is 4.32. The lowest BCUT2D eigenvalue weighted by molar-refractivity contribution is -0.143. The first-order valence-electron chi connectivity index (χ1n) is 14.1. The maximum absolute atomic E-state index is 14.1. The molecule has 3 N–H and O–H groups in total. The summed E-state index contributed by atoms with van der Waals surface area (Å²) in [7, 11) is 1.25. The van der Waals surface area contributed by atoms with Gasteiger partial charge in [0.1, 0.15) is 5.82 Å². The minimum atomic E-state index is -1.05. The molecule has 0 unspecified atom stereocenters. The van der Waals surface area contributed by atoms with Crippen molar-refractivity contribution in [1.82, 2.24) is 4.57 Å². The topological polar surface area (TPSA) is 101 Å². The number of hydrogen-bond acceptors (Lipinski definition) is 5. The second-order valence-electron chi connectivity index (χ2n) is 10.6. The number of methoxy groups -OCH3 is 1. The molecule has 2 atom stereocenters. The number of aliphatic hydroxyl groups is 2. The number of para-hydroxylation sites is 1. The van der Waals surface area contributed by atoms with E-state index in [1.54, 1.807) is 12.1 Å². The molecule has 0 saturated heterocycles. The van der Waals surface area contributed by atoms with Gasteiger partial charge in [-0.15, -0.1) is 0 Å². The van der Waals surface area contributed by atoms with E-state index >= 15 is 0 Å². The SMILES string of the molecule is COC(=O)C[C@@H](O)C[C@H](O)CCn1c(-c2ccc(F)cc2)c(-c2ccccc2)c(C(=O)Nc2ccccc2)c1C(C)C. The standard InChI is InChI=1S/C34H37FN2O5/c1-22(2)32-31(34(41)36-26-12-8-5-9-13-26)30(23-10-6-4-7-11-23)33(24-14-16-25(35)17-15-24)37(32)19-18-27(38)20-28(39)21-29(40)42-3/h4-17,22,27-28,38-39H,18-21H2,1-3H3,(H,36,41)/t27-,28+/m1/s1. The normalized spacial score (nSPS) is 12.6. The smallest absolute Gasteiger partial charge is 0.308 e. The molecule has 42 heavy (non-hydrogen) atoms. The minimum absolute atomic E-state index is 0.00778. The molecular formula is C34H37FN2O5. The Hall–Kier alpha value is -4.27. The maximum Gasteiger partial charge on any atom is 0.308 e. The molecule has 1 amide bonds. The van der Waals surface area contributed by atoms with Crippen LogP contribution >= 0.6 is 0 Å². The number of hydrogen-bond donors (Lipinski definition) is 3. The van der Waals surface area contributed by atoms with Crippen LogP contribution in [0.4, 0.5) is 10.1 Å². The van der Waals surface area contributed by atoms with Gasteiger partial charge in [-0.25, -0.2) is 4.39 Å². The zero-order chi connectivity index (χ0) is 30.2. The molecule has 0 saturated carbocycles.